The Kier molecular flexibility index (Phi) is 6.61. The van der Waals surface area contributed by atoms with Crippen LogP contribution in [0.2, 0.25) is 5.02 Å². The fourth-order valence-corrected chi connectivity index (χ4v) is 4.32. The third kappa shape index (κ3) is 5.14. The van der Waals surface area contributed by atoms with E-state index in [1.165, 1.54) is 24.0 Å². The van der Waals surface area contributed by atoms with E-state index in [0.717, 1.165) is 32.6 Å². The molecule has 0 aliphatic carbocycles. The highest BCUT2D eigenvalue weighted by molar-refractivity contribution is 6.31. The van der Waals surface area contributed by atoms with Crippen molar-refractivity contribution in [1.29, 1.82) is 0 Å². The minimum absolute atomic E-state index is 0.0430. The zero-order chi connectivity index (χ0) is 19.4. The number of amides is 1. The molecule has 1 unspecified atom stereocenters. The van der Waals surface area contributed by atoms with Gasteiger partial charge in [-0.25, -0.2) is 0 Å². The van der Waals surface area contributed by atoms with Gasteiger partial charge in [-0.1, -0.05) is 35.9 Å². The molecule has 1 atom stereocenters. The third-order valence-corrected chi connectivity index (χ3v) is 5.84. The number of carbonyl (C=O) groups is 1. The van der Waals surface area contributed by atoms with Crippen LogP contribution in [0.4, 0.5) is 0 Å². The molecule has 0 spiro atoms. The summed E-state index contributed by atoms with van der Waals surface area (Å²) >= 11 is 6.02. The monoisotopic (exact) mass is 387 g/mol. The van der Waals surface area contributed by atoms with Gasteiger partial charge in [0.05, 0.1) is 5.02 Å². The molecule has 2 aromatic rings. The number of aryl methyl sites for hydroxylation is 2. The van der Waals surface area contributed by atoms with Gasteiger partial charge in [0.2, 0.25) is 0 Å². The topological polar surface area (TPSA) is 28.5 Å². The minimum atomic E-state index is 0.0430. The molecule has 1 fully saturated rings. The van der Waals surface area contributed by atoms with E-state index in [1.807, 2.05) is 19.0 Å². The molecule has 4 nitrogen and oxygen atoms in total. The van der Waals surface area contributed by atoms with Crippen LogP contribution in [0.3, 0.4) is 0 Å². The molecule has 0 saturated carbocycles. The second-order valence-electron chi connectivity index (χ2n) is 7.83. The molecule has 0 radical (unpaired) electrons. The number of carbonyl (C=O) groups excluding carboxylic acids is 1. The normalized spacial score (nSPS) is 17.9. The van der Waals surface area contributed by atoms with Crippen molar-refractivity contribution in [1.82, 2.24) is 14.4 Å². The Hall–Kier alpha value is -1.78. The molecule has 1 aliphatic heterocycles. The molecular weight excluding hydrogens is 358 g/mol. The summed E-state index contributed by atoms with van der Waals surface area (Å²) in [5.74, 6) is 0.571. The van der Waals surface area contributed by atoms with Gasteiger partial charge in [0.1, 0.15) is 5.69 Å². The molecule has 1 aliphatic rings. The van der Waals surface area contributed by atoms with Crippen molar-refractivity contribution < 1.29 is 4.79 Å². The first-order valence-corrected chi connectivity index (χ1v) is 10.2. The van der Waals surface area contributed by atoms with Crippen molar-refractivity contribution >= 4 is 17.5 Å². The van der Waals surface area contributed by atoms with Crippen LogP contribution in [-0.4, -0.2) is 53.5 Å². The molecule has 3 rings (SSSR count). The molecule has 1 aromatic heterocycles. The van der Waals surface area contributed by atoms with E-state index in [-0.39, 0.29) is 5.91 Å². The van der Waals surface area contributed by atoms with Crippen molar-refractivity contribution in [2.75, 3.05) is 33.2 Å². The predicted molar refractivity (Wildman–Crippen MR) is 111 cm³/mol. The van der Waals surface area contributed by atoms with Crippen molar-refractivity contribution in [2.24, 2.45) is 13.0 Å². The van der Waals surface area contributed by atoms with E-state index < -0.39 is 0 Å². The molecule has 5 heteroatoms. The zero-order valence-corrected chi connectivity index (χ0v) is 17.4. The zero-order valence-electron chi connectivity index (χ0n) is 16.6. The molecule has 0 bridgehead atoms. The van der Waals surface area contributed by atoms with Crippen molar-refractivity contribution in [3.8, 4) is 0 Å². The van der Waals surface area contributed by atoms with Crippen LogP contribution < -0.4 is 0 Å². The standard InChI is InChI=1S/C22H30ClN3O/c1-17-7-4-5-9-19(17)10-12-26-11-6-8-18(15-26)14-25(3)22(27)21-13-20(23)16-24(21)2/h4-5,7,9,13,16,18H,6,8,10-12,14-15H2,1-3H3. The van der Waals surface area contributed by atoms with Gasteiger partial charge >= 0.3 is 0 Å². The average molecular weight is 388 g/mol. The lowest BCUT2D eigenvalue weighted by atomic mass is 9.96. The summed E-state index contributed by atoms with van der Waals surface area (Å²) in [6.07, 6.45) is 5.26. The number of hydrogen-bond donors (Lipinski definition) is 0. The average Bonchev–Trinajstić information content (AvgIpc) is 2.99. The van der Waals surface area contributed by atoms with Crippen LogP contribution in [-0.2, 0) is 13.5 Å². The molecule has 0 N–H and O–H groups in total. The highest BCUT2D eigenvalue weighted by Crippen LogP contribution is 2.20. The van der Waals surface area contributed by atoms with Gasteiger partial charge in [-0.15, -0.1) is 0 Å². The van der Waals surface area contributed by atoms with E-state index in [4.69, 9.17) is 11.6 Å². The number of likely N-dealkylation sites (tertiary alicyclic amines) is 1. The Balaban J connectivity index is 1.52. The summed E-state index contributed by atoms with van der Waals surface area (Å²) in [4.78, 5) is 17.1. The molecule has 1 saturated heterocycles. The number of aromatic nitrogens is 1. The van der Waals surface area contributed by atoms with Crippen molar-refractivity contribution in [3.63, 3.8) is 0 Å². The molecule has 146 valence electrons. The van der Waals surface area contributed by atoms with Gasteiger partial charge in [0.25, 0.3) is 5.91 Å². The van der Waals surface area contributed by atoms with Gasteiger partial charge in [-0.2, -0.15) is 0 Å². The highest BCUT2D eigenvalue weighted by Gasteiger charge is 2.24. The molecule has 27 heavy (non-hydrogen) atoms. The lowest BCUT2D eigenvalue weighted by Gasteiger charge is -2.34. The summed E-state index contributed by atoms with van der Waals surface area (Å²) in [5, 5.41) is 0.606. The first-order valence-electron chi connectivity index (χ1n) is 9.78. The maximum atomic E-state index is 12.7. The van der Waals surface area contributed by atoms with Crippen LogP contribution in [0, 0.1) is 12.8 Å². The number of rotatable bonds is 6. The summed E-state index contributed by atoms with van der Waals surface area (Å²) in [6.45, 7) is 6.30. The molecule has 1 aromatic carbocycles. The Morgan fingerprint density at radius 2 is 2.11 bits per heavy atom. The van der Waals surface area contributed by atoms with Gasteiger partial charge in [0.15, 0.2) is 0 Å². The highest BCUT2D eigenvalue weighted by atomic mass is 35.5. The third-order valence-electron chi connectivity index (χ3n) is 5.63. The second-order valence-corrected chi connectivity index (χ2v) is 8.26. The van der Waals surface area contributed by atoms with Gasteiger partial charge in [-0.05, 0) is 55.8 Å². The first-order chi connectivity index (χ1) is 12.9. The number of halogens is 1. The van der Waals surface area contributed by atoms with Crippen molar-refractivity contribution in [2.45, 2.75) is 26.2 Å². The molecule has 1 amide bonds. The Bertz CT molecular complexity index is 786. The van der Waals surface area contributed by atoms with E-state index in [1.54, 1.807) is 16.8 Å². The Morgan fingerprint density at radius 1 is 1.33 bits per heavy atom. The van der Waals surface area contributed by atoms with Crippen molar-refractivity contribution in [3.05, 3.63) is 58.4 Å². The van der Waals surface area contributed by atoms with Crippen LogP contribution in [0.1, 0.15) is 34.5 Å². The number of nitrogens with zero attached hydrogens (tertiary/aromatic N) is 3. The van der Waals surface area contributed by atoms with Crippen LogP contribution >= 0.6 is 11.6 Å². The fourth-order valence-electron chi connectivity index (χ4n) is 4.08. The quantitative estimate of drug-likeness (QED) is 0.749. The van der Waals surface area contributed by atoms with Gasteiger partial charge in [-0.3, -0.25) is 4.79 Å². The summed E-state index contributed by atoms with van der Waals surface area (Å²) in [5.41, 5.74) is 3.46. The van der Waals surface area contributed by atoms with E-state index in [0.29, 0.717) is 16.6 Å². The summed E-state index contributed by atoms with van der Waals surface area (Å²) in [6, 6.07) is 10.4. The second kappa shape index (κ2) is 8.94. The van der Waals surface area contributed by atoms with Crippen LogP contribution in [0.15, 0.2) is 36.5 Å². The van der Waals surface area contributed by atoms with E-state index >= 15 is 0 Å². The molecular formula is C22H30ClN3O. The molecule has 2 heterocycles. The SMILES string of the molecule is Cc1ccccc1CCN1CCCC(CN(C)C(=O)c2cc(Cl)cn2C)C1. The maximum Gasteiger partial charge on any atom is 0.270 e. The number of piperidine rings is 1. The van der Waals surface area contributed by atoms with Gasteiger partial charge < -0.3 is 14.4 Å². The van der Waals surface area contributed by atoms with Crippen LogP contribution in [0.5, 0.6) is 0 Å². The number of hydrogen-bond acceptors (Lipinski definition) is 2. The largest absolute Gasteiger partial charge is 0.345 e. The first kappa shape index (κ1) is 20.0. The fraction of sp³-hybridized carbons (Fsp3) is 0.500. The summed E-state index contributed by atoms with van der Waals surface area (Å²) < 4.78 is 1.80. The lowest BCUT2D eigenvalue weighted by molar-refractivity contribution is 0.0721. The van der Waals surface area contributed by atoms with Gasteiger partial charge in [0, 0.05) is 39.9 Å². The predicted octanol–water partition coefficient (Wildman–Crippen LogP) is 4.01. The van der Waals surface area contributed by atoms with E-state index in [9.17, 15) is 4.79 Å². The minimum Gasteiger partial charge on any atom is -0.345 e. The Labute approximate surface area is 167 Å². The summed E-state index contributed by atoms with van der Waals surface area (Å²) in [7, 11) is 3.76. The van der Waals surface area contributed by atoms with E-state index in [2.05, 4.69) is 36.1 Å². The maximum absolute atomic E-state index is 12.7. The smallest absolute Gasteiger partial charge is 0.270 e. The number of benzene rings is 1. The Morgan fingerprint density at radius 3 is 2.81 bits per heavy atom. The lowest BCUT2D eigenvalue weighted by Crippen LogP contribution is -2.42. The van der Waals surface area contributed by atoms with Crippen LogP contribution in [0.25, 0.3) is 0 Å².